The number of hydrogen-bond acceptors (Lipinski definition) is 5. The summed E-state index contributed by atoms with van der Waals surface area (Å²) in [4.78, 5) is 4.72. The monoisotopic (exact) mass is 322 g/mol. The summed E-state index contributed by atoms with van der Waals surface area (Å²) in [7, 11) is 2.05. The van der Waals surface area contributed by atoms with Gasteiger partial charge in [-0.3, -0.25) is 0 Å². The maximum Gasteiger partial charge on any atom is 0.158 e. The second-order valence-corrected chi connectivity index (χ2v) is 6.44. The standard InChI is InChI=1S/C18H22N6/c1-11-16-12(2)24(3)10-15(16)18(23-22-11)20-9-14-7-6-13-5-4-8-19-17(13)21-14/h6-7,10H,4-5,8-9H2,1-3H3,(H,19,21)(H,20,23). The molecule has 6 heteroatoms. The van der Waals surface area contributed by atoms with Gasteiger partial charge in [0.15, 0.2) is 5.82 Å². The highest BCUT2D eigenvalue weighted by atomic mass is 15.2. The van der Waals surface area contributed by atoms with Crippen LogP contribution in [0.4, 0.5) is 11.6 Å². The van der Waals surface area contributed by atoms with E-state index in [-0.39, 0.29) is 0 Å². The minimum absolute atomic E-state index is 0.635. The maximum absolute atomic E-state index is 4.72. The Balaban J connectivity index is 1.61. The quantitative estimate of drug-likeness (QED) is 0.776. The van der Waals surface area contributed by atoms with E-state index in [1.54, 1.807) is 0 Å². The summed E-state index contributed by atoms with van der Waals surface area (Å²) in [6.45, 7) is 5.75. The Kier molecular flexibility index (Phi) is 3.59. The van der Waals surface area contributed by atoms with Gasteiger partial charge in [-0.05, 0) is 38.3 Å². The molecule has 3 aromatic rings. The number of fused-ring (bicyclic) bond motifs is 2. The van der Waals surface area contributed by atoms with Crippen LogP contribution in [-0.4, -0.2) is 26.3 Å². The Bertz CT molecular complexity index is 912. The van der Waals surface area contributed by atoms with E-state index >= 15 is 0 Å². The van der Waals surface area contributed by atoms with Crippen LogP contribution < -0.4 is 10.6 Å². The molecular formula is C18H22N6. The van der Waals surface area contributed by atoms with Gasteiger partial charge < -0.3 is 15.2 Å². The molecule has 1 aliphatic heterocycles. The lowest BCUT2D eigenvalue weighted by atomic mass is 10.1. The fourth-order valence-corrected chi connectivity index (χ4v) is 3.36. The fraction of sp³-hybridized carbons (Fsp3) is 0.389. The van der Waals surface area contributed by atoms with Crippen molar-refractivity contribution in [1.29, 1.82) is 0 Å². The Morgan fingerprint density at radius 2 is 2.12 bits per heavy atom. The summed E-state index contributed by atoms with van der Waals surface area (Å²) >= 11 is 0. The van der Waals surface area contributed by atoms with Crippen LogP contribution in [0.15, 0.2) is 18.3 Å². The molecule has 0 aromatic carbocycles. The van der Waals surface area contributed by atoms with Gasteiger partial charge in [0, 0.05) is 36.3 Å². The molecule has 6 nitrogen and oxygen atoms in total. The topological polar surface area (TPSA) is 67.7 Å². The van der Waals surface area contributed by atoms with Crippen molar-refractivity contribution in [2.24, 2.45) is 7.05 Å². The third-order valence-corrected chi connectivity index (χ3v) is 4.79. The molecule has 4 heterocycles. The maximum atomic E-state index is 4.72. The second-order valence-electron chi connectivity index (χ2n) is 6.44. The molecule has 0 fully saturated rings. The summed E-state index contributed by atoms with van der Waals surface area (Å²) in [6, 6.07) is 4.27. The molecule has 4 rings (SSSR count). The van der Waals surface area contributed by atoms with Crippen LogP contribution in [0.25, 0.3) is 10.8 Å². The number of anilines is 2. The van der Waals surface area contributed by atoms with E-state index in [1.165, 1.54) is 23.1 Å². The number of nitrogens with one attached hydrogen (secondary N) is 2. The molecule has 1 aliphatic rings. The van der Waals surface area contributed by atoms with Gasteiger partial charge in [-0.15, -0.1) is 5.10 Å². The Morgan fingerprint density at radius 3 is 3.00 bits per heavy atom. The lowest BCUT2D eigenvalue weighted by Gasteiger charge is -2.17. The van der Waals surface area contributed by atoms with Crippen LogP contribution in [0.5, 0.6) is 0 Å². The highest BCUT2D eigenvalue weighted by molar-refractivity contribution is 5.95. The molecule has 0 bridgehead atoms. The molecule has 0 spiro atoms. The van der Waals surface area contributed by atoms with E-state index in [0.29, 0.717) is 6.54 Å². The van der Waals surface area contributed by atoms with Gasteiger partial charge in [-0.25, -0.2) is 4.98 Å². The van der Waals surface area contributed by atoms with Crippen molar-refractivity contribution < 1.29 is 0 Å². The van der Waals surface area contributed by atoms with E-state index in [2.05, 4.69) is 57.7 Å². The average molecular weight is 322 g/mol. The summed E-state index contributed by atoms with van der Waals surface area (Å²) < 4.78 is 2.12. The lowest BCUT2D eigenvalue weighted by Crippen LogP contribution is -2.15. The van der Waals surface area contributed by atoms with Crippen LogP contribution in [-0.2, 0) is 20.0 Å². The van der Waals surface area contributed by atoms with Gasteiger partial charge in [-0.1, -0.05) is 6.07 Å². The van der Waals surface area contributed by atoms with E-state index in [4.69, 9.17) is 4.98 Å². The zero-order valence-electron chi connectivity index (χ0n) is 14.3. The number of aromatic nitrogens is 4. The predicted molar refractivity (Wildman–Crippen MR) is 96.4 cm³/mol. The number of nitrogens with zero attached hydrogens (tertiary/aromatic N) is 4. The molecule has 0 aliphatic carbocycles. The summed E-state index contributed by atoms with van der Waals surface area (Å²) in [5.41, 5.74) is 4.48. The van der Waals surface area contributed by atoms with Crippen molar-refractivity contribution in [1.82, 2.24) is 19.7 Å². The van der Waals surface area contributed by atoms with Gasteiger partial charge >= 0.3 is 0 Å². The molecule has 0 amide bonds. The summed E-state index contributed by atoms with van der Waals surface area (Å²) in [5, 5.41) is 17.7. The van der Waals surface area contributed by atoms with Gasteiger partial charge in [-0.2, -0.15) is 5.10 Å². The van der Waals surface area contributed by atoms with Crippen molar-refractivity contribution in [3.8, 4) is 0 Å². The Morgan fingerprint density at radius 1 is 1.25 bits per heavy atom. The van der Waals surface area contributed by atoms with Crippen molar-refractivity contribution in [3.63, 3.8) is 0 Å². The zero-order valence-corrected chi connectivity index (χ0v) is 14.3. The molecule has 0 atom stereocenters. The lowest BCUT2D eigenvalue weighted by molar-refractivity contribution is 0.811. The second kappa shape index (κ2) is 5.78. The third-order valence-electron chi connectivity index (χ3n) is 4.79. The van der Waals surface area contributed by atoms with Crippen molar-refractivity contribution in [2.75, 3.05) is 17.2 Å². The molecule has 124 valence electrons. The first-order chi connectivity index (χ1) is 11.6. The molecule has 2 N–H and O–H groups in total. The molecule has 3 aromatic heterocycles. The van der Waals surface area contributed by atoms with Crippen LogP contribution in [0, 0.1) is 13.8 Å². The Labute approximate surface area is 141 Å². The van der Waals surface area contributed by atoms with Gasteiger partial charge in [0.25, 0.3) is 0 Å². The predicted octanol–water partition coefficient (Wildman–Crippen LogP) is 2.95. The fourth-order valence-electron chi connectivity index (χ4n) is 3.36. The van der Waals surface area contributed by atoms with E-state index in [1.807, 2.05) is 6.92 Å². The van der Waals surface area contributed by atoms with Crippen LogP contribution in [0.2, 0.25) is 0 Å². The molecule has 24 heavy (non-hydrogen) atoms. The van der Waals surface area contributed by atoms with E-state index in [9.17, 15) is 0 Å². The van der Waals surface area contributed by atoms with Crippen molar-refractivity contribution >= 4 is 22.4 Å². The number of hydrogen-bond donors (Lipinski definition) is 2. The minimum Gasteiger partial charge on any atom is -0.370 e. The number of aryl methyl sites for hydroxylation is 4. The third kappa shape index (κ3) is 2.48. The van der Waals surface area contributed by atoms with E-state index < -0.39 is 0 Å². The molecule has 0 saturated heterocycles. The van der Waals surface area contributed by atoms with Gasteiger partial charge in [0.05, 0.1) is 17.9 Å². The van der Waals surface area contributed by atoms with Gasteiger partial charge in [0.1, 0.15) is 5.82 Å². The van der Waals surface area contributed by atoms with Crippen LogP contribution in [0.3, 0.4) is 0 Å². The molecule has 0 unspecified atom stereocenters. The number of rotatable bonds is 3. The SMILES string of the molecule is Cc1nnc(NCc2ccc3c(n2)NCCC3)c2cn(C)c(C)c12. The average Bonchev–Trinajstić information content (AvgIpc) is 2.90. The van der Waals surface area contributed by atoms with Crippen LogP contribution >= 0.6 is 0 Å². The first-order valence-electron chi connectivity index (χ1n) is 8.39. The first kappa shape index (κ1) is 14.9. The smallest absolute Gasteiger partial charge is 0.158 e. The van der Waals surface area contributed by atoms with Crippen molar-refractivity contribution in [3.05, 3.63) is 41.0 Å². The molecular weight excluding hydrogens is 300 g/mol. The highest BCUT2D eigenvalue weighted by Gasteiger charge is 2.14. The van der Waals surface area contributed by atoms with E-state index in [0.717, 1.165) is 41.4 Å². The zero-order chi connectivity index (χ0) is 16.7. The molecule has 0 saturated carbocycles. The molecule has 0 radical (unpaired) electrons. The number of pyridine rings is 1. The van der Waals surface area contributed by atoms with Crippen LogP contribution in [0.1, 0.15) is 29.1 Å². The first-order valence-corrected chi connectivity index (χ1v) is 8.39. The highest BCUT2D eigenvalue weighted by Crippen LogP contribution is 2.27. The summed E-state index contributed by atoms with van der Waals surface area (Å²) in [6.07, 6.45) is 4.39. The minimum atomic E-state index is 0.635. The summed E-state index contributed by atoms with van der Waals surface area (Å²) in [5.74, 6) is 1.84. The largest absolute Gasteiger partial charge is 0.370 e. The normalized spacial score (nSPS) is 13.6. The van der Waals surface area contributed by atoms with Crippen molar-refractivity contribution in [2.45, 2.75) is 33.2 Å². The Hall–Kier alpha value is -2.63. The van der Waals surface area contributed by atoms with Gasteiger partial charge in [0.2, 0.25) is 0 Å².